The van der Waals surface area contributed by atoms with Gasteiger partial charge in [-0.05, 0) is 17.7 Å². The van der Waals surface area contributed by atoms with E-state index in [0.29, 0.717) is 11.6 Å². The number of carboxylic acids is 1. The normalized spacial score (nSPS) is 11.2. The molecular formula is C14H12F4N4O2. The van der Waals surface area contributed by atoms with Gasteiger partial charge in [0.2, 0.25) is 5.95 Å². The van der Waals surface area contributed by atoms with Crippen LogP contribution in [0, 0.1) is 5.82 Å². The molecule has 128 valence electrons. The first kappa shape index (κ1) is 17.4. The second kappa shape index (κ2) is 7.11. The van der Waals surface area contributed by atoms with Crippen LogP contribution in [0.25, 0.3) is 0 Å². The van der Waals surface area contributed by atoms with E-state index in [-0.39, 0.29) is 12.4 Å². The SMILES string of the molecule is O=C(O)CNc1nc(NCc2cccc(F)c2)cc(C(F)(F)F)n1. The van der Waals surface area contributed by atoms with E-state index in [0.717, 1.165) is 0 Å². The molecule has 0 radical (unpaired) electrons. The molecule has 1 aromatic carbocycles. The predicted octanol–water partition coefficient (Wildman–Crippen LogP) is 2.74. The van der Waals surface area contributed by atoms with Crippen molar-refractivity contribution in [3.8, 4) is 0 Å². The van der Waals surface area contributed by atoms with E-state index in [1.807, 2.05) is 0 Å². The van der Waals surface area contributed by atoms with Crippen LogP contribution < -0.4 is 10.6 Å². The lowest BCUT2D eigenvalue weighted by molar-refractivity contribution is -0.141. The van der Waals surface area contributed by atoms with Gasteiger partial charge < -0.3 is 15.7 Å². The quantitative estimate of drug-likeness (QED) is 0.699. The third-order valence-electron chi connectivity index (χ3n) is 2.78. The molecule has 0 unspecified atom stereocenters. The summed E-state index contributed by atoms with van der Waals surface area (Å²) >= 11 is 0. The molecule has 0 bridgehead atoms. The molecule has 10 heteroatoms. The molecule has 3 N–H and O–H groups in total. The minimum absolute atomic E-state index is 0.0322. The van der Waals surface area contributed by atoms with E-state index in [1.54, 1.807) is 6.07 Å². The van der Waals surface area contributed by atoms with Gasteiger partial charge in [-0.25, -0.2) is 9.37 Å². The fourth-order valence-electron chi connectivity index (χ4n) is 1.76. The summed E-state index contributed by atoms with van der Waals surface area (Å²) in [6, 6.07) is 6.20. The molecule has 0 fully saturated rings. The van der Waals surface area contributed by atoms with Crippen LogP contribution in [0.1, 0.15) is 11.3 Å². The van der Waals surface area contributed by atoms with E-state index in [2.05, 4.69) is 20.6 Å². The third-order valence-corrected chi connectivity index (χ3v) is 2.78. The summed E-state index contributed by atoms with van der Waals surface area (Å²) in [4.78, 5) is 17.5. The highest BCUT2D eigenvalue weighted by Crippen LogP contribution is 2.29. The summed E-state index contributed by atoms with van der Waals surface area (Å²) in [6.07, 6.45) is -4.72. The Morgan fingerprint density at radius 2 is 1.92 bits per heavy atom. The number of hydrogen-bond acceptors (Lipinski definition) is 5. The molecule has 0 amide bonds. The predicted molar refractivity (Wildman–Crippen MR) is 76.9 cm³/mol. The van der Waals surface area contributed by atoms with E-state index in [4.69, 9.17) is 5.11 Å². The maximum absolute atomic E-state index is 13.1. The number of carbonyl (C=O) groups is 1. The molecule has 0 aliphatic heterocycles. The van der Waals surface area contributed by atoms with Crippen molar-refractivity contribution in [2.45, 2.75) is 12.7 Å². The summed E-state index contributed by atoms with van der Waals surface area (Å²) in [5, 5.41) is 13.4. The number of benzene rings is 1. The zero-order chi connectivity index (χ0) is 17.7. The van der Waals surface area contributed by atoms with Crippen LogP contribution in [0.4, 0.5) is 29.3 Å². The number of anilines is 2. The first-order valence-electron chi connectivity index (χ1n) is 6.64. The van der Waals surface area contributed by atoms with Gasteiger partial charge in [0.15, 0.2) is 5.69 Å². The van der Waals surface area contributed by atoms with E-state index in [9.17, 15) is 22.4 Å². The van der Waals surface area contributed by atoms with Gasteiger partial charge in [0.25, 0.3) is 0 Å². The van der Waals surface area contributed by atoms with E-state index in [1.165, 1.54) is 18.2 Å². The molecule has 0 aliphatic rings. The van der Waals surface area contributed by atoms with Crippen LogP contribution in [0.5, 0.6) is 0 Å². The van der Waals surface area contributed by atoms with Crippen LogP contribution in [0.15, 0.2) is 30.3 Å². The molecule has 0 saturated heterocycles. The van der Waals surface area contributed by atoms with Gasteiger partial charge in [-0.3, -0.25) is 4.79 Å². The molecule has 6 nitrogen and oxygen atoms in total. The number of aliphatic carboxylic acids is 1. The number of nitrogens with one attached hydrogen (secondary N) is 2. The Labute approximate surface area is 133 Å². The standard InChI is InChI=1S/C14H12F4N4O2/c15-9-3-1-2-8(4-9)6-19-11-5-10(14(16,17)18)21-13(22-11)20-7-12(23)24/h1-5H,6-7H2,(H,23,24)(H2,19,20,21,22). The molecule has 24 heavy (non-hydrogen) atoms. The van der Waals surface area contributed by atoms with Crippen molar-refractivity contribution in [1.82, 2.24) is 9.97 Å². The fraction of sp³-hybridized carbons (Fsp3) is 0.214. The highest BCUT2D eigenvalue weighted by atomic mass is 19.4. The van der Waals surface area contributed by atoms with Crippen molar-refractivity contribution in [1.29, 1.82) is 0 Å². The topological polar surface area (TPSA) is 87.1 Å². The van der Waals surface area contributed by atoms with Crippen LogP contribution in [0.2, 0.25) is 0 Å². The molecule has 0 aliphatic carbocycles. The lowest BCUT2D eigenvalue weighted by Crippen LogP contribution is -2.18. The first-order valence-corrected chi connectivity index (χ1v) is 6.64. The molecule has 0 saturated carbocycles. The van der Waals surface area contributed by atoms with Crippen LogP contribution in [0.3, 0.4) is 0 Å². The van der Waals surface area contributed by atoms with Crippen molar-refractivity contribution in [2.24, 2.45) is 0 Å². The van der Waals surface area contributed by atoms with Crippen LogP contribution >= 0.6 is 0 Å². The Balaban J connectivity index is 2.20. The van der Waals surface area contributed by atoms with Crippen LogP contribution in [-0.4, -0.2) is 27.6 Å². The largest absolute Gasteiger partial charge is 0.480 e. The highest BCUT2D eigenvalue weighted by Gasteiger charge is 2.33. The van der Waals surface area contributed by atoms with Crippen molar-refractivity contribution < 1.29 is 27.5 Å². The van der Waals surface area contributed by atoms with Crippen molar-refractivity contribution in [2.75, 3.05) is 17.2 Å². The Morgan fingerprint density at radius 3 is 2.54 bits per heavy atom. The van der Waals surface area contributed by atoms with Crippen LogP contribution in [-0.2, 0) is 17.5 Å². The third kappa shape index (κ3) is 5.07. The summed E-state index contributed by atoms with van der Waals surface area (Å²) in [5.74, 6) is -2.40. The zero-order valence-corrected chi connectivity index (χ0v) is 12.1. The number of rotatable bonds is 6. The van der Waals surface area contributed by atoms with Gasteiger partial charge in [0.05, 0.1) is 0 Å². The lowest BCUT2D eigenvalue weighted by Gasteiger charge is -2.12. The van der Waals surface area contributed by atoms with Gasteiger partial charge in [-0.15, -0.1) is 0 Å². The van der Waals surface area contributed by atoms with E-state index >= 15 is 0 Å². The second-order valence-electron chi connectivity index (χ2n) is 4.69. The van der Waals surface area contributed by atoms with Crippen molar-refractivity contribution in [3.05, 3.63) is 47.4 Å². The average molecular weight is 344 g/mol. The Kier molecular flexibility index (Phi) is 5.17. The molecule has 0 spiro atoms. The molecule has 1 heterocycles. The fourth-order valence-corrected chi connectivity index (χ4v) is 1.76. The van der Waals surface area contributed by atoms with Gasteiger partial charge >= 0.3 is 12.1 Å². The molecular weight excluding hydrogens is 332 g/mol. The summed E-state index contributed by atoms with van der Waals surface area (Å²) < 4.78 is 51.6. The Hall–Kier alpha value is -2.91. The Bertz CT molecular complexity index is 737. The Morgan fingerprint density at radius 1 is 1.17 bits per heavy atom. The number of carboxylic acid groups (broad SMARTS) is 1. The summed E-state index contributed by atoms with van der Waals surface area (Å²) in [6.45, 7) is -0.602. The molecule has 2 rings (SSSR count). The number of alkyl halides is 3. The summed E-state index contributed by atoms with van der Waals surface area (Å²) in [5.41, 5.74) is -0.727. The maximum atomic E-state index is 13.1. The minimum Gasteiger partial charge on any atom is -0.480 e. The number of hydrogen-bond donors (Lipinski definition) is 3. The van der Waals surface area contributed by atoms with Crippen molar-refractivity contribution >= 4 is 17.7 Å². The number of aromatic nitrogens is 2. The summed E-state index contributed by atoms with van der Waals surface area (Å²) in [7, 11) is 0. The first-order chi connectivity index (χ1) is 11.2. The van der Waals surface area contributed by atoms with Gasteiger partial charge in [-0.1, -0.05) is 12.1 Å². The lowest BCUT2D eigenvalue weighted by atomic mass is 10.2. The second-order valence-corrected chi connectivity index (χ2v) is 4.69. The highest BCUT2D eigenvalue weighted by molar-refractivity contribution is 5.71. The average Bonchev–Trinajstić information content (AvgIpc) is 2.50. The molecule has 1 aromatic heterocycles. The van der Waals surface area contributed by atoms with Gasteiger partial charge in [-0.2, -0.15) is 18.2 Å². The van der Waals surface area contributed by atoms with Crippen molar-refractivity contribution in [3.63, 3.8) is 0 Å². The maximum Gasteiger partial charge on any atom is 0.433 e. The smallest absolute Gasteiger partial charge is 0.433 e. The monoisotopic (exact) mass is 344 g/mol. The van der Waals surface area contributed by atoms with Gasteiger partial charge in [0, 0.05) is 12.6 Å². The number of halogens is 4. The number of nitrogens with zero attached hydrogens (tertiary/aromatic N) is 2. The molecule has 0 atom stereocenters. The van der Waals surface area contributed by atoms with E-state index < -0.39 is 36.1 Å². The zero-order valence-electron chi connectivity index (χ0n) is 12.1. The minimum atomic E-state index is -4.72. The molecule has 2 aromatic rings. The van der Waals surface area contributed by atoms with Gasteiger partial charge in [0.1, 0.15) is 18.2 Å².